The summed E-state index contributed by atoms with van der Waals surface area (Å²) >= 11 is 1.35. The van der Waals surface area contributed by atoms with Gasteiger partial charge in [-0.15, -0.1) is 36.2 Å². The Labute approximate surface area is 167 Å². The maximum Gasteiger partial charge on any atom is 0.266 e. The van der Waals surface area contributed by atoms with E-state index in [0.29, 0.717) is 28.7 Å². The zero-order valence-corrected chi connectivity index (χ0v) is 16.4. The summed E-state index contributed by atoms with van der Waals surface area (Å²) < 4.78 is 7.31. The number of nitrogens with one attached hydrogen (secondary N) is 1. The summed E-state index contributed by atoms with van der Waals surface area (Å²) in [7, 11) is 1.95. The summed E-state index contributed by atoms with van der Waals surface area (Å²) in [5, 5.41) is 4.05. The highest BCUT2D eigenvalue weighted by Gasteiger charge is 2.32. The second-order valence-electron chi connectivity index (χ2n) is 5.62. The molecule has 3 aromatic rings. The van der Waals surface area contributed by atoms with Gasteiger partial charge in [-0.25, -0.2) is 9.97 Å². The topological polar surface area (TPSA) is 76.2 Å². The number of thiazole rings is 1. The Morgan fingerprint density at radius 1 is 1.38 bits per heavy atom. The third-order valence-electron chi connectivity index (χ3n) is 4.11. The van der Waals surface area contributed by atoms with Crippen LogP contribution in [0.5, 0.6) is 0 Å². The van der Waals surface area contributed by atoms with Gasteiger partial charge in [0.15, 0.2) is 10.8 Å². The molecule has 4 rings (SSSR count). The minimum absolute atomic E-state index is 0. The van der Waals surface area contributed by atoms with Crippen LogP contribution >= 0.6 is 36.2 Å². The van der Waals surface area contributed by atoms with Crippen LogP contribution in [0, 0.1) is 0 Å². The molecule has 1 fully saturated rings. The summed E-state index contributed by atoms with van der Waals surface area (Å²) in [6, 6.07) is 3.57. The Balaban J connectivity index is 0.00000121. The predicted octanol–water partition coefficient (Wildman–Crippen LogP) is 2.77. The Morgan fingerprint density at radius 3 is 2.92 bits per heavy atom. The van der Waals surface area contributed by atoms with Crippen LogP contribution in [-0.2, 0) is 7.05 Å². The zero-order chi connectivity index (χ0) is 16.5. The lowest BCUT2D eigenvalue weighted by molar-refractivity contribution is 0.0625. The highest BCUT2D eigenvalue weighted by atomic mass is 35.5. The maximum atomic E-state index is 13.0. The molecular weight excluding hydrogens is 397 g/mol. The predicted molar refractivity (Wildman–Crippen MR) is 104 cm³/mol. The Kier molecular flexibility index (Phi) is 6.82. The van der Waals surface area contributed by atoms with Gasteiger partial charge in [0, 0.05) is 39.1 Å². The number of carbonyl (C=O) groups excluding carboxylic acids is 1. The van der Waals surface area contributed by atoms with Gasteiger partial charge in [0.1, 0.15) is 16.7 Å². The number of carbonyl (C=O) groups is 1. The van der Waals surface area contributed by atoms with E-state index in [1.807, 2.05) is 34.8 Å². The molecule has 4 heterocycles. The summed E-state index contributed by atoms with van der Waals surface area (Å²) in [6.45, 7) is 2.11. The first-order chi connectivity index (χ1) is 11.7. The number of hydrogen-bond donors (Lipinski definition) is 1. The summed E-state index contributed by atoms with van der Waals surface area (Å²) in [5.74, 6) is 1.55. The van der Waals surface area contributed by atoms with Crippen LogP contribution in [0.4, 0.5) is 0 Å². The molecular formula is C16H19Cl2N5O2S. The molecule has 10 heteroatoms. The van der Waals surface area contributed by atoms with Crippen molar-refractivity contribution in [3.63, 3.8) is 0 Å². The van der Waals surface area contributed by atoms with Crippen molar-refractivity contribution in [1.29, 1.82) is 0 Å². The van der Waals surface area contributed by atoms with Crippen molar-refractivity contribution in [2.75, 3.05) is 19.6 Å². The van der Waals surface area contributed by atoms with Crippen LogP contribution in [0.2, 0.25) is 0 Å². The van der Waals surface area contributed by atoms with Crippen LogP contribution in [0.3, 0.4) is 0 Å². The molecule has 0 aliphatic carbocycles. The van der Waals surface area contributed by atoms with Crippen molar-refractivity contribution in [3.8, 4) is 10.8 Å². The van der Waals surface area contributed by atoms with Crippen molar-refractivity contribution < 1.29 is 9.21 Å². The molecule has 0 radical (unpaired) electrons. The number of aromatic nitrogens is 3. The number of amides is 1. The fraction of sp³-hybridized carbons (Fsp3) is 0.312. The van der Waals surface area contributed by atoms with Gasteiger partial charge in [0.25, 0.3) is 5.91 Å². The van der Waals surface area contributed by atoms with E-state index in [1.54, 1.807) is 18.7 Å². The summed E-state index contributed by atoms with van der Waals surface area (Å²) in [6.07, 6.45) is 6.89. The van der Waals surface area contributed by atoms with Crippen molar-refractivity contribution in [2.24, 2.45) is 7.05 Å². The number of hydrogen-bond acceptors (Lipinski definition) is 6. The minimum atomic E-state index is -0.0830. The van der Waals surface area contributed by atoms with Crippen LogP contribution < -0.4 is 5.32 Å². The van der Waals surface area contributed by atoms with Crippen LogP contribution in [-0.4, -0.2) is 45.0 Å². The Morgan fingerprint density at radius 2 is 2.23 bits per heavy atom. The van der Waals surface area contributed by atoms with Gasteiger partial charge in [-0.1, -0.05) is 0 Å². The fourth-order valence-corrected chi connectivity index (χ4v) is 3.75. The van der Waals surface area contributed by atoms with Crippen molar-refractivity contribution in [3.05, 3.63) is 47.7 Å². The number of piperazine rings is 1. The van der Waals surface area contributed by atoms with E-state index in [-0.39, 0.29) is 36.8 Å². The molecule has 1 saturated heterocycles. The van der Waals surface area contributed by atoms with E-state index in [4.69, 9.17) is 4.42 Å². The van der Waals surface area contributed by atoms with E-state index < -0.39 is 0 Å². The van der Waals surface area contributed by atoms with Gasteiger partial charge >= 0.3 is 0 Å². The average Bonchev–Trinajstić information content (AvgIpc) is 3.35. The number of aryl methyl sites for hydroxylation is 1. The molecule has 1 N–H and O–H groups in total. The lowest BCUT2D eigenvalue weighted by Gasteiger charge is -2.35. The van der Waals surface area contributed by atoms with Crippen molar-refractivity contribution in [2.45, 2.75) is 6.04 Å². The summed E-state index contributed by atoms with van der Waals surface area (Å²) in [4.78, 5) is 24.2. The van der Waals surface area contributed by atoms with Gasteiger partial charge in [-0.05, 0) is 12.1 Å². The lowest BCUT2D eigenvalue weighted by atomic mass is 10.1. The second-order valence-corrected chi connectivity index (χ2v) is 6.65. The van der Waals surface area contributed by atoms with E-state index >= 15 is 0 Å². The molecule has 1 aliphatic rings. The minimum Gasteiger partial charge on any atom is -0.462 e. The molecule has 3 aromatic heterocycles. The van der Waals surface area contributed by atoms with Gasteiger partial charge in [0.05, 0.1) is 12.5 Å². The quantitative estimate of drug-likeness (QED) is 0.711. The number of halogens is 2. The standard InChI is InChI=1S/C16H17N5O2S.2ClH/c1-20-6-5-18-14(20)11-9-17-4-7-21(11)16(22)13-10-19-15(24-13)12-3-2-8-23-12;;/h2-3,5-6,8,10-11,17H,4,7,9H2,1H3;2*1H. The molecule has 0 aromatic carbocycles. The molecule has 1 atom stereocenters. The van der Waals surface area contributed by atoms with Crippen LogP contribution in [0.1, 0.15) is 21.5 Å². The van der Waals surface area contributed by atoms with Crippen molar-refractivity contribution >= 4 is 42.1 Å². The largest absolute Gasteiger partial charge is 0.462 e. The average molecular weight is 416 g/mol. The molecule has 26 heavy (non-hydrogen) atoms. The molecule has 0 bridgehead atoms. The van der Waals surface area contributed by atoms with E-state index in [9.17, 15) is 4.79 Å². The maximum absolute atomic E-state index is 13.0. The van der Waals surface area contributed by atoms with Gasteiger partial charge in [-0.2, -0.15) is 0 Å². The first kappa shape index (κ1) is 20.4. The monoisotopic (exact) mass is 415 g/mol. The van der Waals surface area contributed by atoms with Gasteiger partial charge in [0.2, 0.25) is 0 Å². The van der Waals surface area contributed by atoms with Crippen LogP contribution in [0.15, 0.2) is 41.4 Å². The summed E-state index contributed by atoms with van der Waals surface area (Å²) in [5.41, 5.74) is 0. The lowest BCUT2D eigenvalue weighted by Crippen LogP contribution is -2.49. The number of rotatable bonds is 3. The number of furan rings is 1. The zero-order valence-electron chi connectivity index (χ0n) is 14.0. The van der Waals surface area contributed by atoms with E-state index in [0.717, 1.165) is 12.4 Å². The smallest absolute Gasteiger partial charge is 0.266 e. The molecule has 1 amide bonds. The van der Waals surface area contributed by atoms with Crippen molar-refractivity contribution in [1.82, 2.24) is 24.8 Å². The first-order valence-corrected chi connectivity index (χ1v) is 8.54. The molecule has 0 spiro atoms. The number of imidazole rings is 1. The second kappa shape index (κ2) is 8.68. The third-order valence-corrected chi connectivity index (χ3v) is 5.11. The third kappa shape index (κ3) is 3.78. The van der Waals surface area contributed by atoms with Gasteiger partial charge in [-0.3, -0.25) is 4.79 Å². The first-order valence-electron chi connectivity index (χ1n) is 7.72. The molecule has 1 unspecified atom stereocenters. The van der Waals surface area contributed by atoms with Gasteiger partial charge < -0.3 is 19.2 Å². The molecule has 1 aliphatic heterocycles. The van der Waals surface area contributed by atoms with E-state index in [1.165, 1.54) is 11.3 Å². The normalized spacial score (nSPS) is 16.7. The molecule has 7 nitrogen and oxygen atoms in total. The molecule has 140 valence electrons. The highest BCUT2D eigenvalue weighted by molar-refractivity contribution is 7.16. The number of nitrogens with zero attached hydrogens (tertiary/aromatic N) is 4. The Bertz CT molecular complexity index is 849. The fourth-order valence-electron chi connectivity index (χ4n) is 2.90. The highest BCUT2D eigenvalue weighted by Crippen LogP contribution is 2.29. The van der Waals surface area contributed by atoms with Crippen LogP contribution in [0.25, 0.3) is 10.8 Å². The van der Waals surface area contributed by atoms with E-state index in [2.05, 4.69) is 15.3 Å². The molecule has 0 saturated carbocycles. The SMILES string of the molecule is Cl.Cl.Cn1ccnc1C1CNCCN1C(=O)c1cnc(-c2ccco2)s1. The Hall–Kier alpha value is -1.87.